The number of rotatable bonds is 2. The average Bonchev–Trinajstić information content (AvgIpc) is 2.58. The summed E-state index contributed by atoms with van der Waals surface area (Å²) < 4.78 is 40.6. The maximum Gasteiger partial charge on any atom is 0.243 e. The summed E-state index contributed by atoms with van der Waals surface area (Å²) in [7, 11) is -1.60. The molecule has 2 aliphatic heterocycles. The normalized spacial score (nSPS) is 21.5. The second kappa shape index (κ2) is 5.65. The van der Waals surface area contributed by atoms with Crippen molar-refractivity contribution >= 4 is 10.0 Å². The molecule has 0 aliphatic carbocycles. The molecule has 6 heteroatoms. The van der Waals surface area contributed by atoms with Gasteiger partial charge in [0.25, 0.3) is 0 Å². The van der Waals surface area contributed by atoms with Crippen LogP contribution in [0.4, 0.5) is 4.39 Å². The van der Waals surface area contributed by atoms with E-state index in [1.54, 1.807) is 0 Å². The van der Waals surface area contributed by atoms with E-state index in [0.717, 1.165) is 18.5 Å². The number of sulfonamides is 1. The zero-order chi connectivity index (χ0) is 16.9. The zero-order valence-electron chi connectivity index (χ0n) is 13.4. The summed E-state index contributed by atoms with van der Waals surface area (Å²) in [6.45, 7) is 1.72. The predicted molar refractivity (Wildman–Crippen MR) is 89.5 cm³/mol. The van der Waals surface area contributed by atoms with Gasteiger partial charge in [0.2, 0.25) is 10.0 Å². The van der Waals surface area contributed by atoms with Crippen molar-refractivity contribution in [3.8, 4) is 0 Å². The van der Waals surface area contributed by atoms with E-state index < -0.39 is 15.8 Å². The molecule has 0 saturated heterocycles. The molecule has 24 heavy (non-hydrogen) atoms. The molecule has 0 saturated carbocycles. The fourth-order valence-corrected chi connectivity index (χ4v) is 5.16. The van der Waals surface area contributed by atoms with Crippen LogP contribution in [0, 0.1) is 5.82 Å². The Balaban J connectivity index is 1.75. The van der Waals surface area contributed by atoms with Gasteiger partial charge in [-0.1, -0.05) is 18.2 Å². The van der Waals surface area contributed by atoms with Crippen molar-refractivity contribution in [1.29, 1.82) is 0 Å². The molecule has 4 nitrogen and oxygen atoms in total. The van der Waals surface area contributed by atoms with Crippen LogP contribution in [0.2, 0.25) is 0 Å². The molecule has 2 aromatic carbocycles. The van der Waals surface area contributed by atoms with Crippen molar-refractivity contribution in [1.82, 2.24) is 9.21 Å². The number of halogens is 1. The fraction of sp³-hybridized carbons (Fsp3) is 0.333. The largest absolute Gasteiger partial charge is 0.298 e. The molecule has 2 heterocycles. The minimum Gasteiger partial charge on any atom is -0.298 e. The van der Waals surface area contributed by atoms with Gasteiger partial charge in [0.05, 0.1) is 4.90 Å². The number of likely N-dealkylation sites (N-methyl/N-ethyl adjacent to an activating group) is 1. The van der Waals surface area contributed by atoms with Crippen LogP contribution in [0.15, 0.2) is 47.4 Å². The molecule has 0 radical (unpaired) electrons. The first kappa shape index (κ1) is 15.7. The topological polar surface area (TPSA) is 40.6 Å². The van der Waals surface area contributed by atoms with E-state index >= 15 is 0 Å². The third kappa shape index (κ3) is 2.46. The highest BCUT2D eigenvalue weighted by molar-refractivity contribution is 7.89. The van der Waals surface area contributed by atoms with Crippen LogP contribution in [-0.4, -0.2) is 37.8 Å². The number of nitrogens with zero attached hydrogens (tertiary/aromatic N) is 2. The minimum absolute atomic E-state index is 0.0777. The van der Waals surface area contributed by atoms with E-state index in [2.05, 4.69) is 11.0 Å². The third-order valence-electron chi connectivity index (χ3n) is 5.06. The molecule has 1 atom stereocenters. The molecule has 0 amide bonds. The molecule has 2 aliphatic rings. The molecular formula is C18H19FN2O2S. The number of benzene rings is 2. The molecule has 0 aromatic heterocycles. The van der Waals surface area contributed by atoms with Gasteiger partial charge in [-0.2, -0.15) is 4.31 Å². The van der Waals surface area contributed by atoms with Gasteiger partial charge in [0.1, 0.15) is 5.82 Å². The van der Waals surface area contributed by atoms with Crippen molar-refractivity contribution in [2.45, 2.75) is 23.9 Å². The Labute approximate surface area is 141 Å². The number of hydrogen-bond donors (Lipinski definition) is 0. The molecule has 0 fully saturated rings. The quantitative estimate of drug-likeness (QED) is 0.839. The zero-order valence-corrected chi connectivity index (χ0v) is 14.3. The average molecular weight is 346 g/mol. The van der Waals surface area contributed by atoms with Gasteiger partial charge in [-0.25, -0.2) is 12.8 Å². The van der Waals surface area contributed by atoms with Gasteiger partial charge in [-0.15, -0.1) is 0 Å². The van der Waals surface area contributed by atoms with E-state index in [9.17, 15) is 12.8 Å². The van der Waals surface area contributed by atoms with Crippen molar-refractivity contribution in [3.05, 3.63) is 65.0 Å². The van der Waals surface area contributed by atoms with E-state index in [1.165, 1.54) is 39.7 Å². The van der Waals surface area contributed by atoms with Crippen LogP contribution < -0.4 is 0 Å². The molecule has 4 rings (SSSR count). The second-order valence-electron chi connectivity index (χ2n) is 6.49. The van der Waals surface area contributed by atoms with E-state index in [0.29, 0.717) is 13.1 Å². The highest BCUT2D eigenvalue weighted by Gasteiger charge is 2.37. The molecule has 0 bridgehead atoms. The molecular weight excluding hydrogens is 327 g/mol. The Hall–Kier alpha value is -1.76. The Morgan fingerprint density at radius 2 is 1.79 bits per heavy atom. The van der Waals surface area contributed by atoms with Crippen molar-refractivity contribution in [2.24, 2.45) is 0 Å². The first-order valence-corrected chi connectivity index (χ1v) is 9.47. The first-order valence-electron chi connectivity index (χ1n) is 8.03. The summed E-state index contributed by atoms with van der Waals surface area (Å²) >= 11 is 0. The van der Waals surface area contributed by atoms with Crippen LogP contribution >= 0.6 is 0 Å². The standard InChI is InChI=1S/C18H19FN2O2S/c1-20-10-9-13-3-2-4-14-11-21(12-17(20)18(13)14)24(22,23)16-7-5-15(19)6-8-16/h2-8,17H,9-12H2,1H3. The highest BCUT2D eigenvalue weighted by Crippen LogP contribution is 2.38. The molecule has 0 spiro atoms. The predicted octanol–water partition coefficient (Wildman–Crippen LogP) is 2.56. The lowest BCUT2D eigenvalue weighted by molar-refractivity contribution is 0.178. The summed E-state index contributed by atoms with van der Waals surface area (Å²) in [5, 5.41) is 0. The Morgan fingerprint density at radius 1 is 1.08 bits per heavy atom. The SMILES string of the molecule is CN1CCc2cccc3c2C1CN(S(=O)(=O)c1ccc(F)cc1)C3. The lowest BCUT2D eigenvalue weighted by atomic mass is 9.86. The van der Waals surface area contributed by atoms with Crippen LogP contribution in [-0.2, 0) is 23.0 Å². The third-order valence-corrected chi connectivity index (χ3v) is 6.89. The summed E-state index contributed by atoms with van der Waals surface area (Å²) in [4.78, 5) is 2.36. The van der Waals surface area contributed by atoms with Gasteiger partial charge < -0.3 is 0 Å². The molecule has 2 aromatic rings. The summed E-state index contributed by atoms with van der Waals surface area (Å²) in [6, 6.07) is 11.3. The first-order chi connectivity index (χ1) is 11.5. The monoisotopic (exact) mass is 346 g/mol. The highest BCUT2D eigenvalue weighted by atomic mass is 32.2. The summed E-state index contributed by atoms with van der Waals surface area (Å²) in [5.74, 6) is -0.436. The van der Waals surface area contributed by atoms with Gasteiger partial charge in [0, 0.05) is 25.7 Å². The van der Waals surface area contributed by atoms with Crippen LogP contribution in [0.5, 0.6) is 0 Å². The van der Waals surface area contributed by atoms with Gasteiger partial charge >= 0.3 is 0 Å². The van der Waals surface area contributed by atoms with Gasteiger partial charge in [-0.05, 0) is 54.4 Å². The van der Waals surface area contributed by atoms with Crippen LogP contribution in [0.1, 0.15) is 22.7 Å². The summed E-state index contributed by atoms with van der Waals surface area (Å²) in [6.07, 6.45) is 1.00. The fourth-order valence-electron chi connectivity index (χ4n) is 3.74. The van der Waals surface area contributed by atoms with Crippen LogP contribution in [0.3, 0.4) is 0 Å². The van der Waals surface area contributed by atoms with Gasteiger partial charge in [-0.3, -0.25) is 4.90 Å². The van der Waals surface area contributed by atoms with Crippen molar-refractivity contribution in [3.63, 3.8) is 0 Å². The van der Waals surface area contributed by atoms with Gasteiger partial charge in [0.15, 0.2) is 0 Å². The van der Waals surface area contributed by atoms with E-state index in [-0.39, 0.29) is 10.9 Å². The van der Waals surface area contributed by atoms with Crippen molar-refractivity contribution in [2.75, 3.05) is 20.1 Å². The van der Waals surface area contributed by atoms with Crippen LogP contribution in [0.25, 0.3) is 0 Å². The maximum atomic E-state index is 13.1. The lowest BCUT2D eigenvalue weighted by Gasteiger charge is -2.42. The molecule has 0 N–H and O–H groups in total. The van der Waals surface area contributed by atoms with E-state index in [4.69, 9.17) is 0 Å². The second-order valence-corrected chi connectivity index (χ2v) is 8.43. The smallest absolute Gasteiger partial charge is 0.243 e. The minimum atomic E-state index is -3.64. The Morgan fingerprint density at radius 3 is 2.54 bits per heavy atom. The van der Waals surface area contributed by atoms with Crippen molar-refractivity contribution < 1.29 is 12.8 Å². The Bertz CT molecular complexity index is 880. The lowest BCUT2D eigenvalue weighted by Crippen LogP contribution is -2.46. The maximum absolute atomic E-state index is 13.1. The molecule has 126 valence electrons. The Kier molecular flexibility index (Phi) is 3.71. The number of hydrogen-bond acceptors (Lipinski definition) is 3. The molecule has 1 unspecified atom stereocenters. The van der Waals surface area contributed by atoms with E-state index in [1.807, 2.05) is 19.2 Å². The summed E-state index contributed by atoms with van der Waals surface area (Å²) in [5.41, 5.74) is 3.69.